The zero-order valence-electron chi connectivity index (χ0n) is 16.4. The lowest BCUT2D eigenvalue weighted by molar-refractivity contribution is -0.118. The Kier molecular flexibility index (Phi) is 4.39. The van der Waals surface area contributed by atoms with E-state index in [1.165, 1.54) is 12.0 Å². The van der Waals surface area contributed by atoms with Crippen molar-refractivity contribution in [2.45, 2.75) is 5.72 Å². The summed E-state index contributed by atoms with van der Waals surface area (Å²) in [5, 5.41) is 15.3. The molecule has 3 aromatic rings. The lowest BCUT2D eigenvalue weighted by Crippen LogP contribution is -2.45. The fourth-order valence-corrected chi connectivity index (χ4v) is 4.23. The Morgan fingerprint density at radius 2 is 1.94 bits per heavy atom. The van der Waals surface area contributed by atoms with Crippen LogP contribution in [0.2, 0.25) is 5.02 Å². The molecule has 0 spiro atoms. The molecule has 2 aliphatic rings. The van der Waals surface area contributed by atoms with E-state index in [9.17, 15) is 14.7 Å². The Bertz CT molecular complexity index is 1240. The van der Waals surface area contributed by atoms with Crippen LogP contribution in [0.5, 0.6) is 11.5 Å². The number of hydrogen-bond donors (Lipinski definition) is 2. The predicted octanol–water partition coefficient (Wildman–Crippen LogP) is 3.53. The second-order valence-electron chi connectivity index (χ2n) is 7.22. The van der Waals surface area contributed by atoms with E-state index in [0.717, 1.165) is 0 Å². The average molecular weight is 437 g/mol. The molecule has 3 aromatic carbocycles. The van der Waals surface area contributed by atoms with Crippen molar-refractivity contribution >= 4 is 34.8 Å². The first-order valence-corrected chi connectivity index (χ1v) is 9.88. The average Bonchev–Trinajstić information content (AvgIpc) is 3.01. The fraction of sp³-hybridized carbons (Fsp3) is 0.130. The molecular formula is C23H17ClN2O5. The molecule has 0 fully saturated rings. The summed E-state index contributed by atoms with van der Waals surface area (Å²) in [5.41, 5.74) is -0.00999. The number of rotatable bonds is 3. The normalized spacial score (nSPS) is 19.4. The SMILES string of the molecule is COc1ccc(Cl)cc1N1C(=O)c2ccccc2C1(O)c1ccc2c(c1)NC(=O)CO2. The Hall–Kier alpha value is -3.55. The number of benzene rings is 3. The van der Waals surface area contributed by atoms with Gasteiger partial charge in [-0.1, -0.05) is 29.8 Å². The van der Waals surface area contributed by atoms with Crippen LogP contribution in [0.25, 0.3) is 0 Å². The van der Waals surface area contributed by atoms with Gasteiger partial charge >= 0.3 is 0 Å². The van der Waals surface area contributed by atoms with Gasteiger partial charge in [0, 0.05) is 21.7 Å². The van der Waals surface area contributed by atoms with Crippen molar-refractivity contribution in [1.29, 1.82) is 0 Å². The van der Waals surface area contributed by atoms with E-state index in [1.54, 1.807) is 60.7 Å². The molecule has 2 heterocycles. The minimum absolute atomic E-state index is 0.0796. The summed E-state index contributed by atoms with van der Waals surface area (Å²) in [6.07, 6.45) is 0. The molecule has 1 unspecified atom stereocenters. The van der Waals surface area contributed by atoms with Crippen LogP contribution in [0, 0.1) is 0 Å². The number of ether oxygens (including phenoxy) is 2. The Labute approximate surface area is 182 Å². The zero-order chi connectivity index (χ0) is 21.8. The summed E-state index contributed by atoms with van der Waals surface area (Å²) < 4.78 is 10.9. The van der Waals surface area contributed by atoms with Crippen LogP contribution in [0.15, 0.2) is 60.7 Å². The molecule has 5 rings (SSSR count). The van der Waals surface area contributed by atoms with Crippen molar-refractivity contribution in [2.75, 3.05) is 23.9 Å². The van der Waals surface area contributed by atoms with E-state index < -0.39 is 11.6 Å². The molecule has 2 N–H and O–H groups in total. The van der Waals surface area contributed by atoms with E-state index >= 15 is 0 Å². The molecule has 0 radical (unpaired) electrons. The number of methoxy groups -OCH3 is 1. The second-order valence-corrected chi connectivity index (χ2v) is 7.66. The van der Waals surface area contributed by atoms with Crippen LogP contribution < -0.4 is 19.7 Å². The number of carbonyl (C=O) groups excluding carboxylic acids is 2. The van der Waals surface area contributed by atoms with Crippen molar-refractivity contribution in [3.8, 4) is 11.5 Å². The van der Waals surface area contributed by atoms with E-state index in [0.29, 0.717) is 44.6 Å². The minimum Gasteiger partial charge on any atom is -0.495 e. The minimum atomic E-state index is -1.87. The van der Waals surface area contributed by atoms with Gasteiger partial charge in [0.1, 0.15) is 11.5 Å². The number of halogens is 1. The lowest BCUT2D eigenvalue weighted by Gasteiger charge is -2.36. The van der Waals surface area contributed by atoms with Crippen LogP contribution in [0.3, 0.4) is 0 Å². The van der Waals surface area contributed by atoms with E-state index in [4.69, 9.17) is 21.1 Å². The van der Waals surface area contributed by atoms with Gasteiger partial charge in [0.25, 0.3) is 11.8 Å². The van der Waals surface area contributed by atoms with Crippen molar-refractivity contribution in [2.24, 2.45) is 0 Å². The van der Waals surface area contributed by atoms with Crippen LogP contribution >= 0.6 is 11.6 Å². The maximum atomic E-state index is 13.5. The number of carbonyl (C=O) groups is 2. The van der Waals surface area contributed by atoms with Crippen molar-refractivity contribution in [1.82, 2.24) is 0 Å². The number of hydrogen-bond acceptors (Lipinski definition) is 5. The van der Waals surface area contributed by atoms with Gasteiger partial charge < -0.3 is 19.9 Å². The summed E-state index contributed by atoms with van der Waals surface area (Å²) in [7, 11) is 1.48. The fourth-order valence-electron chi connectivity index (χ4n) is 4.07. The molecule has 7 nitrogen and oxygen atoms in total. The van der Waals surface area contributed by atoms with E-state index in [-0.39, 0.29) is 12.5 Å². The largest absolute Gasteiger partial charge is 0.495 e. The lowest BCUT2D eigenvalue weighted by atomic mass is 9.92. The molecule has 31 heavy (non-hydrogen) atoms. The topological polar surface area (TPSA) is 88.1 Å². The third-order valence-corrected chi connectivity index (χ3v) is 5.69. The van der Waals surface area contributed by atoms with Gasteiger partial charge in [-0.2, -0.15) is 0 Å². The molecule has 0 bridgehead atoms. The van der Waals surface area contributed by atoms with E-state index in [2.05, 4.69) is 5.32 Å². The molecule has 156 valence electrons. The first kappa shape index (κ1) is 19.4. The highest BCUT2D eigenvalue weighted by molar-refractivity contribution is 6.31. The smallest absolute Gasteiger partial charge is 0.262 e. The third-order valence-electron chi connectivity index (χ3n) is 5.46. The maximum absolute atomic E-state index is 13.5. The van der Waals surface area contributed by atoms with Crippen LogP contribution in [-0.2, 0) is 10.5 Å². The third kappa shape index (κ3) is 2.85. The summed E-state index contributed by atoms with van der Waals surface area (Å²) in [5.74, 6) is 0.152. The van der Waals surface area contributed by atoms with Gasteiger partial charge in [0.15, 0.2) is 12.3 Å². The molecule has 0 aliphatic carbocycles. The standard InChI is InChI=1S/C23H17ClN2O5/c1-30-20-9-7-14(24)11-18(20)26-22(28)15-4-2-3-5-16(15)23(26,29)13-6-8-19-17(10-13)25-21(27)12-31-19/h2-11,29H,12H2,1H3,(H,25,27). The number of nitrogens with zero attached hydrogens (tertiary/aromatic N) is 1. The summed E-state index contributed by atoms with van der Waals surface area (Å²) in [6.45, 7) is -0.0796. The number of nitrogens with one attached hydrogen (secondary N) is 1. The van der Waals surface area contributed by atoms with Crippen LogP contribution in [0.4, 0.5) is 11.4 Å². The zero-order valence-corrected chi connectivity index (χ0v) is 17.1. The first-order valence-electron chi connectivity index (χ1n) is 9.50. The number of aliphatic hydroxyl groups is 1. The first-order chi connectivity index (χ1) is 14.9. The van der Waals surface area contributed by atoms with Gasteiger partial charge in [-0.05, 0) is 42.5 Å². The molecule has 0 saturated carbocycles. The molecular weight excluding hydrogens is 420 g/mol. The van der Waals surface area contributed by atoms with Gasteiger partial charge in [-0.3, -0.25) is 14.5 Å². The Morgan fingerprint density at radius 1 is 1.13 bits per heavy atom. The number of fused-ring (bicyclic) bond motifs is 2. The van der Waals surface area contributed by atoms with Gasteiger partial charge in [-0.25, -0.2) is 0 Å². The summed E-state index contributed by atoms with van der Waals surface area (Å²) >= 11 is 6.22. The Morgan fingerprint density at radius 3 is 2.74 bits per heavy atom. The molecule has 0 saturated heterocycles. The number of amides is 2. The molecule has 2 amide bonds. The summed E-state index contributed by atoms with van der Waals surface area (Å²) in [6, 6.07) is 16.6. The highest BCUT2D eigenvalue weighted by Crippen LogP contribution is 2.49. The van der Waals surface area contributed by atoms with Gasteiger partial charge in [0.05, 0.1) is 18.5 Å². The highest BCUT2D eigenvalue weighted by atomic mass is 35.5. The monoisotopic (exact) mass is 436 g/mol. The van der Waals surface area contributed by atoms with Gasteiger partial charge in [0.2, 0.25) is 0 Å². The molecule has 2 aliphatic heterocycles. The van der Waals surface area contributed by atoms with Crippen LogP contribution in [-0.4, -0.2) is 30.6 Å². The maximum Gasteiger partial charge on any atom is 0.262 e. The van der Waals surface area contributed by atoms with Gasteiger partial charge in [-0.15, -0.1) is 0 Å². The molecule has 1 atom stereocenters. The summed E-state index contributed by atoms with van der Waals surface area (Å²) in [4.78, 5) is 26.5. The van der Waals surface area contributed by atoms with Crippen molar-refractivity contribution in [3.63, 3.8) is 0 Å². The molecule has 8 heteroatoms. The predicted molar refractivity (Wildman–Crippen MR) is 115 cm³/mol. The quantitative estimate of drug-likeness (QED) is 0.655. The molecule has 0 aromatic heterocycles. The highest BCUT2D eigenvalue weighted by Gasteiger charge is 2.51. The van der Waals surface area contributed by atoms with Crippen LogP contribution in [0.1, 0.15) is 21.5 Å². The number of anilines is 2. The Balaban J connectivity index is 1.76. The van der Waals surface area contributed by atoms with Crippen molar-refractivity contribution < 1.29 is 24.2 Å². The second kappa shape index (κ2) is 7.01. The van der Waals surface area contributed by atoms with Crippen molar-refractivity contribution in [3.05, 3.63) is 82.4 Å². The van der Waals surface area contributed by atoms with E-state index in [1.807, 2.05) is 0 Å².